The summed E-state index contributed by atoms with van der Waals surface area (Å²) in [5, 5.41) is 8.73. The number of carbonyl (C=O) groups is 1. The van der Waals surface area contributed by atoms with Crippen molar-refractivity contribution >= 4 is 30.9 Å². The molecule has 2 aromatic heterocycles. The van der Waals surface area contributed by atoms with Crippen molar-refractivity contribution in [3.05, 3.63) is 66.5 Å². The first-order chi connectivity index (χ1) is 21.6. The molecule has 240 valence electrons. The lowest BCUT2D eigenvalue weighted by atomic mass is 10.1. The average Bonchev–Trinajstić information content (AvgIpc) is 3.63. The topological polar surface area (TPSA) is 104 Å². The number of ether oxygens (including phenoxy) is 3. The van der Waals surface area contributed by atoms with Crippen LogP contribution in [0.2, 0.25) is 25.7 Å². The largest absolute Gasteiger partial charge is 0.488 e. The Morgan fingerprint density at radius 3 is 2.60 bits per heavy atom. The molecule has 0 spiro atoms. The van der Waals surface area contributed by atoms with Gasteiger partial charge in [0.2, 0.25) is 0 Å². The van der Waals surface area contributed by atoms with Crippen LogP contribution in [0.1, 0.15) is 38.7 Å². The number of fused-ring (bicyclic) bond motifs is 1. The van der Waals surface area contributed by atoms with Crippen LogP contribution in [0.5, 0.6) is 5.75 Å². The van der Waals surface area contributed by atoms with Crippen LogP contribution in [0.15, 0.2) is 60.9 Å². The molecule has 0 unspecified atom stereocenters. The van der Waals surface area contributed by atoms with Gasteiger partial charge in [0.25, 0.3) is 0 Å². The molecule has 4 aromatic rings. The van der Waals surface area contributed by atoms with E-state index in [2.05, 4.69) is 54.8 Å². The third kappa shape index (κ3) is 9.27. The van der Waals surface area contributed by atoms with Crippen molar-refractivity contribution in [1.29, 1.82) is 0 Å². The van der Waals surface area contributed by atoms with Crippen molar-refractivity contribution in [3.8, 4) is 17.1 Å². The van der Waals surface area contributed by atoms with Crippen molar-refractivity contribution in [3.63, 3.8) is 0 Å². The van der Waals surface area contributed by atoms with Crippen LogP contribution >= 0.6 is 0 Å². The molecular formula is C34H46N6O4Si. The zero-order valence-electron chi connectivity index (χ0n) is 27.2. The van der Waals surface area contributed by atoms with Gasteiger partial charge in [0.1, 0.15) is 36.8 Å². The van der Waals surface area contributed by atoms with Crippen LogP contribution in [0.3, 0.4) is 0 Å². The Kier molecular flexibility index (Phi) is 10.4. The SMILES string of the molecule is CCCN(CCNC(=O)OCc1ccccc1)c1cc(-c2c3cc(OC4(C)CC4)ccc3nn2COCC[Si](C)(C)C)ncn1. The number of hydrogen-bond acceptors (Lipinski definition) is 8. The van der Waals surface area contributed by atoms with Crippen molar-refractivity contribution in [2.75, 3.05) is 31.1 Å². The van der Waals surface area contributed by atoms with Gasteiger partial charge in [-0.2, -0.15) is 5.10 Å². The van der Waals surface area contributed by atoms with Gasteiger partial charge < -0.3 is 24.4 Å². The second kappa shape index (κ2) is 14.4. The number of rotatable bonds is 16. The van der Waals surface area contributed by atoms with Gasteiger partial charge in [-0.25, -0.2) is 19.4 Å². The van der Waals surface area contributed by atoms with Gasteiger partial charge in [-0.1, -0.05) is 56.9 Å². The molecule has 2 heterocycles. The van der Waals surface area contributed by atoms with Crippen molar-refractivity contribution < 1.29 is 19.0 Å². The molecule has 0 aliphatic heterocycles. The van der Waals surface area contributed by atoms with Gasteiger partial charge in [-0.05, 0) is 56.0 Å². The third-order valence-corrected chi connectivity index (χ3v) is 9.52. The van der Waals surface area contributed by atoms with E-state index in [9.17, 15) is 4.79 Å². The fourth-order valence-electron chi connectivity index (χ4n) is 4.96. The predicted octanol–water partition coefficient (Wildman–Crippen LogP) is 6.88. The number of anilines is 1. The van der Waals surface area contributed by atoms with Gasteiger partial charge in [-0.3, -0.25) is 0 Å². The Hall–Kier alpha value is -3.96. The normalized spacial score (nSPS) is 13.9. The number of nitrogens with zero attached hydrogens (tertiary/aromatic N) is 5. The number of aromatic nitrogens is 4. The summed E-state index contributed by atoms with van der Waals surface area (Å²) in [6, 6.07) is 18.8. The maximum absolute atomic E-state index is 12.3. The van der Waals surface area contributed by atoms with E-state index < -0.39 is 14.2 Å². The fourth-order valence-corrected chi connectivity index (χ4v) is 5.71. The molecule has 1 aliphatic rings. The summed E-state index contributed by atoms with van der Waals surface area (Å²) >= 11 is 0. The summed E-state index contributed by atoms with van der Waals surface area (Å²) in [7, 11) is -1.23. The van der Waals surface area contributed by atoms with Crippen LogP contribution in [-0.2, 0) is 22.8 Å². The summed E-state index contributed by atoms with van der Waals surface area (Å²) in [6.07, 6.45) is 4.19. The molecule has 1 fully saturated rings. The molecule has 0 bridgehead atoms. The van der Waals surface area contributed by atoms with Gasteiger partial charge in [-0.15, -0.1) is 0 Å². The van der Waals surface area contributed by atoms with E-state index in [4.69, 9.17) is 24.3 Å². The van der Waals surface area contributed by atoms with E-state index in [1.807, 2.05) is 53.2 Å². The monoisotopic (exact) mass is 630 g/mol. The zero-order valence-corrected chi connectivity index (χ0v) is 28.2. The molecule has 2 aromatic carbocycles. The first-order valence-corrected chi connectivity index (χ1v) is 19.6. The number of carbonyl (C=O) groups excluding carboxylic acids is 1. The van der Waals surface area contributed by atoms with E-state index in [0.717, 1.165) is 71.3 Å². The molecule has 11 heteroatoms. The highest BCUT2D eigenvalue weighted by Gasteiger charge is 2.40. The lowest BCUT2D eigenvalue weighted by molar-refractivity contribution is 0.0802. The molecule has 45 heavy (non-hydrogen) atoms. The van der Waals surface area contributed by atoms with E-state index in [1.165, 1.54) is 0 Å². The summed E-state index contributed by atoms with van der Waals surface area (Å²) < 4.78 is 19.7. The summed E-state index contributed by atoms with van der Waals surface area (Å²) in [5.74, 6) is 1.61. The number of benzene rings is 2. The van der Waals surface area contributed by atoms with Crippen LogP contribution in [0.4, 0.5) is 10.6 Å². The summed E-state index contributed by atoms with van der Waals surface area (Å²) in [4.78, 5) is 23.8. The third-order valence-electron chi connectivity index (χ3n) is 7.81. The predicted molar refractivity (Wildman–Crippen MR) is 180 cm³/mol. The lowest BCUT2D eigenvalue weighted by Crippen LogP contribution is -2.36. The Morgan fingerprint density at radius 1 is 1.07 bits per heavy atom. The van der Waals surface area contributed by atoms with Crippen LogP contribution in [0.25, 0.3) is 22.3 Å². The van der Waals surface area contributed by atoms with Gasteiger partial charge in [0, 0.05) is 45.8 Å². The molecule has 1 saturated carbocycles. The molecule has 5 rings (SSSR count). The maximum atomic E-state index is 12.3. The van der Waals surface area contributed by atoms with E-state index >= 15 is 0 Å². The van der Waals surface area contributed by atoms with Crippen LogP contribution in [0, 0.1) is 0 Å². The Labute approximate surface area is 267 Å². The first-order valence-electron chi connectivity index (χ1n) is 15.9. The number of nitrogens with one attached hydrogen (secondary N) is 1. The number of hydrogen-bond donors (Lipinski definition) is 1. The molecule has 0 radical (unpaired) electrons. The lowest BCUT2D eigenvalue weighted by Gasteiger charge is -2.23. The quantitative estimate of drug-likeness (QED) is 0.106. The minimum Gasteiger partial charge on any atom is -0.488 e. The van der Waals surface area contributed by atoms with Crippen molar-refractivity contribution in [2.45, 2.75) is 77.7 Å². The minimum atomic E-state index is -1.23. The highest BCUT2D eigenvalue weighted by Crippen LogP contribution is 2.41. The van der Waals surface area contributed by atoms with E-state index in [0.29, 0.717) is 26.4 Å². The highest BCUT2D eigenvalue weighted by molar-refractivity contribution is 6.76. The van der Waals surface area contributed by atoms with E-state index in [1.54, 1.807) is 6.33 Å². The van der Waals surface area contributed by atoms with E-state index in [-0.39, 0.29) is 12.2 Å². The summed E-state index contributed by atoms with van der Waals surface area (Å²) in [6.45, 7) is 14.3. The highest BCUT2D eigenvalue weighted by atomic mass is 28.3. The standard InChI is InChI=1S/C34H46N6O4Si/c1-6-17-39(18-16-35-33(41)43-23-26-10-8-7-9-11-26)31-22-30(36-24-37-31)32-28-21-27(44-34(2)14-15-34)12-13-29(28)38-40(32)25-42-19-20-45(3,4)5/h7-13,21-22,24H,6,14-20,23,25H2,1-5H3,(H,35,41). The Morgan fingerprint density at radius 2 is 1.87 bits per heavy atom. The zero-order chi connectivity index (χ0) is 31.9. The van der Waals surface area contributed by atoms with Crippen molar-refractivity contribution in [2.24, 2.45) is 0 Å². The maximum Gasteiger partial charge on any atom is 0.407 e. The molecule has 10 nitrogen and oxygen atoms in total. The van der Waals surface area contributed by atoms with Crippen LogP contribution < -0.4 is 15.0 Å². The van der Waals surface area contributed by atoms with Crippen LogP contribution in [-0.4, -0.2) is 65.8 Å². The molecule has 0 saturated heterocycles. The van der Waals surface area contributed by atoms with Gasteiger partial charge in [0.05, 0.1) is 16.9 Å². The van der Waals surface area contributed by atoms with Gasteiger partial charge in [0.15, 0.2) is 0 Å². The second-order valence-electron chi connectivity index (χ2n) is 13.2. The van der Waals surface area contributed by atoms with Gasteiger partial charge >= 0.3 is 6.09 Å². The molecule has 1 N–H and O–H groups in total. The molecular weight excluding hydrogens is 584 g/mol. The summed E-state index contributed by atoms with van der Waals surface area (Å²) in [5.41, 5.74) is 3.34. The Bertz CT molecular complexity index is 1570. The first kappa shape index (κ1) is 32.4. The molecule has 1 amide bonds. The number of alkyl carbamates (subject to hydrolysis) is 1. The smallest absolute Gasteiger partial charge is 0.407 e. The van der Waals surface area contributed by atoms with Crippen molar-refractivity contribution in [1.82, 2.24) is 25.1 Å². The average molecular weight is 631 g/mol. The Balaban J connectivity index is 1.34. The minimum absolute atomic E-state index is 0.0888. The molecule has 1 aliphatic carbocycles. The second-order valence-corrected chi connectivity index (χ2v) is 18.8. The molecule has 0 atom stereocenters. The fraction of sp³-hybridized carbons (Fsp3) is 0.471. The number of amides is 1.